The van der Waals surface area contributed by atoms with Gasteiger partial charge in [0.1, 0.15) is 5.54 Å². The second-order valence-electron chi connectivity index (χ2n) is 7.82. The summed E-state index contributed by atoms with van der Waals surface area (Å²) in [4.78, 5) is 41.9. The molecule has 1 N–H and O–H groups in total. The Hall–Kier alpha value is -2.57. The maximum Gasteiger partial charge on any atom is 0.325 e. The first kappa shape index (κ1) is 19.2. The molecule has 0 aliphatic carbocycles. The minimum atomic E-state index is -0.854. The molecule has 1 aromatic rings. The number of hydrogen-bond acceptors (Lipinski definition) is 4. The van der Waals surface area contributed by atoms with Crippen LogP contribution in [0.1, 0.15) is 32.3 Å². The summed E-state index contributed by atoms with van der Waals surface area (Å²) in [6.07, 6.45) is 0.841. The minimum absolute atomic E-state index is 0.0882. The average Bonchev–Trinajstić information content (AvgIpc) is 2.83. The molecule has 0 atom stereocenters. The second kappa shape index (κ2) is 7.58. The third kappa shape index (κ3) is 4.23. The molecule has 2 heterocycles. The van der Waals surface area contributed by atoms with Crippen LogP contribution in [0.2, 0.25) is 0 Å². The number of hydrogen-bond donors (Lipinski definition) is 1. The van der Waals surface area contributed by atoms with E-state index in [0.29, 0.717) is 25.9 Å². The first-order valence-electron chi connectivity index (χ1n) is 9.51. The van der Waals surface area contributed by atoms with Crippen LogP contribution in [-0.4, -0.2) is 65.9 Å². The molecular formula is C20H28N4O3. The molecule has 0 aromatic heterocycles. The van der Waals surface area contributed by atoms with Crippen LogP contribution >= 0.6 is 0 Å². The van der Waals surface area contributed by atoms with Crippen LogP contribution in [0.5, 0.6) is 0 Å². The number of rotatable bonds is 5. The molecule has 7 nitrogen and oxygen atoms in total. The van der Waals surface area contributed by atoms with E-state index in [0.717, 1.165) is 13.1 Å². The normalized spacial score (nSPS) is 19.4. The van der Waals surface area contributed by atoms with E-state index in [2.05, 4.69) is 41.4 Å². The lowest BCUT2D eigenvalue weighted by Gasteiger charge is -2.36. The number of benzene rings is 1. The lowest BCUT2D eigenvalue weighted by atomic mass is 10.1. The smallest absolute Gasteiger partial charge is 0.325 e. The van der Waals surface area contributed by atoms with Gasteiger partial charge < -0.3 is 15.1 Å². The number of urea groups is 1. The fourth-order valence-electron chi connectivity index (χ4n) is 3.61. The van der Waals surface area contributed by atoms with E-state index in [-0.39, 0.29) is 24.4 Å². The van der Waals surface area contributed by atoms with Crippen molar-refractivity contribution in [3.8, 4) is 0 Å². The summed E-state index contributed by atoms with van der Waals surface area (Å²) in [7, 11) is 0. The van der Waals surface area contributed by atoms with Gasteiger partial charge in [0.15, 0.2) is 0 Å². The highest BCUT2D eigenvalue weighted by atomic mass is 16.2. The van der Waals surface area contributed by atoms with E-state index in [1.54, 1.807) is 13.8 Å². The Balaban J connectivity index is 1.44. The topological polar surface area (TPSA) is 73.0 Å². The quantitative estimate of drug-likeness (QED) is 0.800. The predicted molar refractivity (Wildman–Crippen MR) is 104 cm³/mol. The molecule has 0 bridgehead atoms. The molecule has 146 valence electrons. The van der Waals surface area contributed by atoms with Crippen molar-refractivity contribution in [1.82, 2.24) is 15.1 Å². The molecule has 2 saturated heterocycles. The van der Waals surface area contributed by atoms with Crippen LogP contribution in [0.15, 0.2) is 24.3 Å². The highest BCUT2D eigenvalue weighted by molar-refractivity contribution is 6.06. The zero-order valence-corrected chi connectivity index (χ0v) is 16.3. The van der Waals surface area contributed by atoms with Crippen molar-refractivity contribution in [2.45, 2.75) is 39.2 Å². The van der Waals surface area contributed by atoms with Crippen LogP contribution in [0, 0.1) is 6.92 Å². The van der Waals surface area contributed by atoms with Gasteiger partial charge in [-0.25, -0.2) is 4.79 Å². The van der Waals surface area contributed by atoms with Crippen LogP contribution in [0.25, 0.3) is 0 Å². The number of imide groups is 1. The summed E-state index contributed by atoms with van der Waals surface area (Å²) in [5.41, 5.74) is 1.57. The molecule has 3 rings (SSSR count). The van der Waals surface area contributed by atoms with Gasteiger partial charge >= 0.3 is 6.03 Å². The summed E-state index contributed by atoms with van der Waals surface area (Å²) in [5.74, 6) is -0.142. The Morgan fingerprint density at radius 3 is 2.44 bits per heavy atom. The molecule has 2 aliphatic rings. The standard InChI is InChI=1S/C20H28N4O3/c1-15-6-4-7-16(14-15)22-10-12-23(13-11-22)17(25)8-5-9-24-18(26)20(2,3)21-19(24)27/h4,6-7,14H,5,8-13H2,1-3H3,(H,21,27). The number of nitrogens with one attached hydrogen (secondary N) is 1. The molecule has 27 heavy (non-hydrogen) atoms. The fourth-order valence-corrected chi connectivity index (χ4v) is 3.61. The van der Waals surface area contributed by atoms with E-state index in [9.17, 15) is 14.4 Å². The van der Waals surface area contributed by atoms with E-state index in [1.165, 1.54) is 16.2 Å². The second-order valence-corrected chi connectivity index (χ2v) is 7.82. The number of anilines is 1. The molecular weight excluding hydrogens is 344 g/mol. The Morgan fingerprint density at radius 1 is 1.15 bits per heavy atom. The average molecular weight is 372 g/mol. The van der Waals surface area contributed by atoms with Gasteiger partial charge in [-0.1, -0.05) is 12.1 Å². The van der Waals surface area contributed by atoms with Crippen LogP contribution in [0.3, 0.4) is 0 Å². The van der Waals surface area contributed by atoms with E-state index in [1.807, 2.05) is 4.90 Å². The Labute approximate surface area is 160 Å². The van der Waals surface area contributed by atoms with Crippen molar-refractivity contribution < 1.29 is 14.4 Å². The first-order chi connectivity index (χ1) is 12.8. The summed E-state index contributed by atoms with van der Waals surface area (Å²) in [6.45, 7) is 8.76. The maximum absolute atomic E-state index is 12.5. The molecule has 7 heteroatoms. The van der Waals surface area contributed by atoms with Crippen LogP contribution in [0.4, 0.5) is 10.5 Å². The fraction of sp³-hybridized carbons (Fsp3) is 0.550. The van der Waals surface area contributed by atoms with Crippen molar-refractivity contribution in [3.63, 3.8) is 0 Å². The summed E-state index contributed by atoms with van der Waals surface area (Å²) >= 11 is 0. The molecule has 1 aromatic carbocycles. The van der Waals surface area contributed by atoms with Crippen molar-refractivity contribution in [1.29, 1.82) is 0 Å². The van der Waals surface area contributed by atoms with Crippen molar-refractivity contribution >= 4 is 23.5 Å². The van der Waals surface area contributed by atoms with Gasteiger partial charge in [0.05, 0.1) is 0 Å². The lowest BCUT2D eigenvalue weighted by Crippen LogP contribution is -2.49. The number of carbonyl (C=O) groups excluding carboxylic acids is 3. The van der Waals surface area contributed by atoms with Gasteiger partial charge in [-0.05, 0) is 44.9 Å². The maximum atomic E-state index is 12.5. The van der Waals surface area contributed by atoms with Gasteiger partial charge in [0.25, 0.3) is 5.91 Å². The molecule has 0 radical (unpaired) electrons. The predicted octanol–water partition coefficient (Wildman–Crippen LogP) is 1.75. The molecule has 4 amide bonds. The lowest BCUT2D eigenvalue weighted by molar-refractivity contribution is -0.133. The SMILES string of the molecule is Cc1cccc(N2CCN(C(=O)CCCN3C(=O)NC(C)(C)C3=O)CC2)c1. The van der Waals surface area contributed by atoms with Crippen molar-refractivity contribution in [2.24, 2.45) is 0 Å². The van der Waals surface area contributed by atoms with Gasteiger partial charge in [0, 0.05) is 44.8 Å². The van der Waals surface area contributed by atoms with Gasteiger partial charge in [-0.2, -0.15) is 0 Å². The Kier molecular flexibility index (Phi) is 5.39. The highest BCUT2D eigenvalue weighted by Gasteiger charge is 2.43. The molecule has 0 unspecified atom stereocenters. The largest absolute Gasteiger partial charge is 0.368 e. The van der Waals surface area contributed by atoms with Crippen molar-refractivity contribution in [3.05, 3.63) is 29.8 Å². The number of carbonyl (C=O) groups is 3. The highest BCUT2D eigenvalue weighted by Crippen LogP contribution is 2.19. The third-order valence-corrected chi connectivity index (χ3v) is 5.22. The van der Waals surface area contributed by atoms with Crippen molar-refractivity contribution in [2.75, 3.05) is 37.6 Å². The number of piperazine rings is 1. The van der Waals surface area contributed by atoms with Gasteiger partial charge in [-0.15, -0.1) is 0 Å². The van der Waals surface area contributed by atoms with Crippen LogP contribution < -0.4 is 10.2 Å². The first-order valence-corrected chi connectivity index (χ1v) is 9.51. The zero-order chi connectivity index (χ0) is 19.6. The third-order valence-electron chi connectivity index (χ3n) is 5.22. The summed E-state index contributed by atoms with van der Waals surface area (Å²) in [5, 5.41) is 2.66. The molecule has 0 spiro atoms. The Bertz CT molecular complexity index is 738. The van der Waals surface area contributed by atoms with Gasteiger partial charge in [-0.3, -0.25) is 14.5 Å². The van der Waals surface area contributed by atoms with Gasteiger partial charge in [0.2, 0.25) is 5.91 Å². The zero-order valence-electron chi connectivity index (χ0n) is 16.3. The van der Waals surface area contributed by atoms with E-state index < -0.39 is 5.54 Å². The molecule has 0 saturated carbocycles. The van der Waals surface area contributed by atoms with E-state index >= 15 is 0 Å². The minimum Gasteiger partial charge on any atom is -0.368 e. The number of aryl methyl sites for hydroxylation is 1. The van der Waals surface area contributed by atoms with Crippen LogP contribution in [-0.2, 0) is 9.59 Å². The monoisotopic (exact) mass is 372 g/mol. The van der Waals surface area contributed by atoms with E-state index in [4.69, 9.17) is 0 Å². The summed E-state index contributed by atoms with van der Waals surface area (Å²) < 4.78 is 0. The number of nitrogens with zero attached hydrogens (tertiary/aromatic N) is 3. The Morgan fingerprint density at radius 2 is 1.85 bits per heavy atom. The summed E-state index contributed by atoms with van der Waals surface area (Å²) in [6, 6.07) is 8.03. The molecule has 2 fully saturated rings. The molecule has 2 aliphatic heterocycles. The number of amides is 4.